The lowest BCUT2D eigenvalue weighted by atomic mass is 10.1. The average Bonchev–Trinajstić information content (AvgIpc) is 2.69. The number of rotatable bonds is 5. The molecule has 3 nitrogen and oxygen atoms in total. The highest BCUT2D eigenvalue weighted by atomic mass is 16.5. The largest absolute Gasteiger partial charge is 0.508 e. The Hall–Kier alpha value is -1.06. The van der Waals surface area contributed by atoms with Gasteiger partial charge in [0, 0.05) is 18.7 Å². The summed E-state index contributed by atoms with van der Waals surface area (Å²) >= 11 is 0. The summed E-state index contributed by atoms with van der Waals surface area (Å²) in [5.41, 5.74) is 2.59. The maximum absolute atomic E-state index is 9.44. The number of benzene rings is 1. The second-order valence-corrected chi connectivity index (χ2v) is 4.70. The first-order valence-electron chi connectivity index (χ1n) is 6.36. The van der Waals surface area contributed by atoms with E-state index in [0.717, 1.165) is 26.1 Å². The van der Waals surface area contributed by atoms with Gasteiger partial charge in [0.2, 0.25) is 0 Å². The number of fused-ring (bicyclic) bond motifs is 1. The molecule has 1 aromatic carbocycles. The first kappa shape index (κ1) is 12.4. The summed E-state index contributed by atoms with van der Waals surface area (Å²) in [6.07, 6.45) is 2.15. The van der Waals surface area contributed by atoms with Gasteiger partial charge in [-0.1, -0.05) is 6.07 Å². The van der Waals surface area contributed by atoms with Gasteiger partial charge in [0.15, 0.2) is 0 Å². The van der Waals surface area contributed by atoms with Crippen molar-refractivity contribution in [3.05, 3.63) is 29.3 Å². The first-order chi connectivity index (χ1) is 8.20. The number of hydrogen-bond acceptors (Lipinski definition) is 3. The van der Waals surface area contributed by atoms with Crippen molar-refractivity contribution < 1.29 is 9.84 Å². The van der Waals surface area contributed by atoms with E-state index < -0.39 is 0 Å². The van der Waals surface area contributed by atoms with Gasteiger partial charge in [-0.15, -0.1) is 0 Å². The fraction of sp³-hybridized carbons (Fsp3) is 0.571. The van der Waals surface area contributed by atoms with Crippen LogP contribution in [0.3, 0.4) is 0 Å². The molecule has 0 aromatic heterocycles. The maximum Gasteiger partial charge on any atom is 0.115 e. The average molecular weight is 235 g/mol. The fourth-order valence-electron chi connectivity index (χ4n) is 2.46. The molecule has 2 rings (SSSR count). The van der Waals surface area contributed by atoms with Crippen molar-refractivity contribution in [2.75, 3.05) is 13.2 Å². The van der Waals surface area contributed by atoms with Crippen molar-refractivity contribution >= 4 is 0 Å². The molecule has 0 fully saturated rings. The number of phenols is 1. The van der Waals surface area contributed by atoms with E-state index in [0.29, 0.717) is 17.8 Å². The second kappa shape index (κ2) is 5.52. The molecule has 2 atom stereocenters. The molecule has 0 saturated carbocycles. The maximum atomic E-state index is 9.44. The van der Waals surface area contributed by atoms with Gasteiger partial charge in [0.25, 0.3) is 0 Å². The first-order valence-corrected chi connectivity index (χ1v) is 6.36. The van der Waals surface area contributed by atoms with Gasteiger partial charge in [-0.05, 0) is 49.9 Å². The molecule has 17 heavy (non-hydrogen) atoms. The number of nitrogens with one attached hydrogen (secondary N) is 1. The molecule has 3 heteroatoms. The second-order valence-electron chi connectivity index (χ2n) is 4.70. The van der Waals surface area contributed by atoms with E-state index in [9.17, 15) is 5.11 Å². The monoisotopic (exact) mass is 235 g/mol. The minimum absolute atomic E-state index is 0.361. The van der Waals surface area contributed by atoms with Crippen molar-refractivity contribution in [2.24, 2.45) is 0 Å². The number of aromatic hydroxyl groups is 1. The molecule has 2 N–H and O–H groups in total. The molecule has 1 aliphatic rings. The molecular weight excluding hydrogens is 214 g/mol. The zero-order valence-electron chi connectivity index (χ0n) is 10.6. The van der Waals surface area contributed by atoms with Crippen LogP contribution in [-0.2, 0) is 11.2 Å². The van der Waals surface area contributed by atoms with Gasteiger partial charge in [-0.3, -0.25) is 0 Å². The normalized spacial score (nSPS) is 20.2. The summed E-state index contributed by atoms with van der Waals surface area (Å²) in [6.45, 7) is 5.68. The third-order valence-corrected chi connectivity index (χ3v) is 3.26. The van der Waals surface area contributed by atoms with E-state index in [2.05, 4.69) is 12.2 Å². The van der Waals surface area contributed by atoms with Crippen LogP contribution < -0.4 is 5.32 Å². The summed E-state index contributed by atoms with van der Waals surface area (Å²) < 4.78 is 5.41. The van der Waals surface area contributed by atoms with Gasteiger partial charge in [-0.25, -0.2) is 0 Å². The molecule has 0 radical (unpaired) electrons. The van der Waals surface area contributed by atoms with Crippen molar-refractivity contribution in [1.29, 1.82) is 0 Å². The van der Waals surface area contributed by atoms with E-state index in [-0.39, 0.29) is 0 Å². The van der Waals surface area contributed by atoms with Gasteiger partial charge in [-0.2, -0.15) is 0 Å². The van der Waals surface area contributed by atoms with E-state index in [1.165, 1.54) is 11.1 Å². The quantitative estimate of drug-likeness (QED) is 0.823. The summed E-state index contributed by atoms with van der Waals surface area (Å²) in [7, 11) is 0. The lowest BCUT2D eigenvalue weighted by Gasteiger charge is -2.20. The number of hydrogen-bond donors (Lipinski definition) is 2. The SMILES string of the molecule is CCOCC(C)NC1CCc2cc(O)ccc21. The van der Waals surface area contributed by atoms with Crippen LogP contribution in [-0.4, -0.2) is 24.4 Å². The lowest BCUT2D eigenvalue weighted by molar-refractivity contribution is 0.123. The lowest BCUT2D eigenvalue weighted by Crippen LogP contribution is -2.33. The zero-order valence-corrected chi connectivity index (χ0v) is 10.6. The minimum Gasteiger partial charge on any atom is -0.508 e. The minimum atomic E-state index is 0.361. The molecule has 0 aliphatic heterocycles. The van der Waals surface area contributed by atoms with Crippen LogP contribution in [0.5, 0.6) is 5.75 Å². The van der Waals surface area contributed by atoms with Gasteiger partial charge in [0.1, 0.15) is 5.75 Å². The Morgan fingerprint density at radius 3 is 3.12 bits per heavy atom. The highest BCUT2D eigenvalue weighted by Crippen LogP contribution is 2.33. The van der Waals surface area contributed by atoms with Gasteiger partial charge in [0.05, 0.1) is 6.61 Å². The molecule has 94 valence electrons. The smallest absolute Gasteiger partial charge is 0.115 e. The third kappa shape index (κ3) is 2.99. The molecule has 0 bridgehead atoms. The molecule has 0 heterocycles. The highest BCUT2D eigenvalue weighted by Gasteiger charge is 2.23. The van der Waals surface area contributed by atoms with E-state index >= 15 is 0 Å². The Kier molecular flexibility index (Phi) is 4.02. The van der Waals surface area contributed by atoms with Crippen LogP contribution in [0.25, 0.3) is 0 Å². The van der Waals surface area contributed by atoms with Crippen molar-refractivity contribution in [1.82, 2.24) is 5.32 Å². The molecule has 0 saturated heterocycles. The number of phenolic OH excluding ortho intramolecular Hbond substituents is 1. The van der Waals surface area contributed by atoms with Crippen molar-refractivity contribution in [2.45, 2.75) is 38.8 Å². The molecule has 0 spiro atoms. The Balaban J connectivity index is 1.97. The van der Waals surface area contributed by atoms with E-state index in [1.54, 1.807) is 6.07 Å². The Morgan fingerprint density at radius 1 is 1.53 bits per heavy atom. The number of ether oxygens (including phenoxy) is 1. The molecule has 1 aromatic rings. The Morgan fingerprint density at radius 2 is 2.35 bits per heavy atom. The zero-order chi connectivity index (χ0) is 12.3. The van der Waals surface area contributed by atoms with Gasteiger partial charge < -0.3 is 15.2 Å². The van der Waals surface area contributed by atoms with E-state index in [4.69, 9.17) is 4.74 Å². The molecule has 1 aliphatic carbocycles. The Labute approximate surface area is 103 Å². The summed E-state index contributed by atoms with van der Waals surface area (Å²) in [5.74, 6) is 0.367. The molecule has 0 amide bonds. The van der Waals surface area contributed by atoms with Crippen LogP contribution >= 0.6 is 0 Å². The van der Waals surface area contributed by atoms with Crippen LogP contribution in [0.4, 0.5) is 0 Å². The summed E-state index contributed by atoms with van der Waals surface area (Å²) in [6, 6.07) is 6.44. The van der Waals surface area contributed by atoms with Crippen LogP contribution in [0.15, 0.2) is 18.2 Å². The highest BCUT2D eigenvalue weighted by molar-refractivity contribution is 5.40. The fourth-order valence-corrected chi connectivity index (χ4v) is 2.46. The Bertz CT molecular complexity index is 378. The van der Waals surface area contributed by atoms with Crippen LogP contribution in [0.2, 0.25) is 0 Å². The topological polar surface area (TPSA) is 41.5 Å². The third-order valence-electron chi connectivity index (χ3n) is 3.26. The van der Waals surface area contributed by atoms with E-state index in [1.807, 2.05) is 19.1 Å². The standard InChI is InChI=1S/C14H21NO2/c1-3-17-9-10(2)15-14-7-4-11-8-12(16)5-6-13(11)14/h5-6,8,10,14-16H,3-4,7,9H2,1-2H3. The molecule has 2 unspecified atom stereocenters. The van der Waals surface area contributed by atoms with Gasteiger partial charge >= 0.3 is 0 Å². The summed E-state index contributed by atoms with van der Waals surface area (Å²) in [5, 5.41) is 13.0. The predicted molar refractivity (Wildman–Crippen MR) is 68.3 cm³/mol. The summed E-state index contributed by atoms with van der Waals surface area (Å²) in [4.78, 5) is 0. The molecular formula is C14H21NO2. The predicted octanol–water partition coefficient (Wildman–Crippen LogP) is 2.39. The van der Waals surface area contributed by atoms with Crippen molar-refractivity contribution in [3.8, 4) is 5.75 Å². The number of aryl methyl sites for hydroxylation is 1. The van der Waals surface area contributed by atoms with Crippen LogP contribution in [0, 0.1) is 0 Å². The van der Waals surface area contributed by atoms with Crippen molar-refractivity contribution in [3.63, 3.8) is 0 Å². The van der Waals surface area contributed by atoms with Crippen LogP contribution in [0.1, 0.15) is 37.4 Å².